The van der Waals surface area contributed by atoms with Gasteiger partial charge in [-0.2, -0.15) is 0 Å². The summed E-state index contributed by atoms with van der Waals surface area (Å²) in [7, 11) is 0. The number of hydrogen-bond acceptors (Lipinski definition) is 2. The second-order valence-corrected chi connectivity index (χ2v) is 13.0. The van der Waals surface area contributed by atoms with Crippen LogP contribution in [-0.4, -0.2) is 4.98 Å². The second kappa shape index (κ2) is 11.9. The lowest BCUT2D eigenvalue weighted by Gasteiger charge is -2.26. The van der Waals surface area contributed by atoms with Gasteiger partial charge in [0.2, 0.25) is 0 Å². The summed E-state index contributed by atoms with van der Waals surface area (Å²) in [4.78, 5) is 6.01. The minimum atomic E-state index is 0.908. The van der Waals surface area contributed by atoms with Crippen LogP contribution >= 0.6 is 0 Å². The Labute approximate surface area is 295 Å². The minimum Gasteiger partial charge on any atom is -0.455 e. The van der Waals surface area contributed by atoms with Gasteiger partial charge in [-0.15, -0.1) is 0 Å². The molecule has 10 aromatic rings. The molecule has 0 aliphatic heterocycles. The fourth-order valence-corrected chi connectivity index (χ4v) is 7.57. The van der Waals surface area contributed by atoms with E-state index < -0.39 is 0 Å². The van der Waals surface area contributed by atoms with Crippen molar-refractivity contribution in [3.63, 3.8) is 0 Å². The summed E-state index contributed by atoms with van der Waals surface area (Å²) in [5, 5.41) is 4.76. The molecule has 2 heterocycles. The van der Waals surface area contributed by atoms with E-state index >= 15 is 0 Å². The first-order valence-corrected chi connectivity index (χ1v) is 17.3. The molecule has 3 heteroatoms. The third-order valence-corrected chi connectivity index (χ3v) is 10.0. The zero-order chi connectivity index (χ0) is 33.7. The van der Waals surface area contributed by atoms with Crippen LogP contribution in [0.25, 0.3) is 77.1 Å². The molecular formula is C48H32N2O. The SMILES string of the molecule is c1ccc(-c2cccc(N(c3ccc(-c4cccc5c4[nH]c4ccccc45)cc3)c3ccc(-c4cccc5c4oc4ccccc45)cc3)c2)cc1. The summed E-state index contributed by atoms with van der Waals surface area (Å²) in [6.45, 7) is 0. The van der Waals surface area contributed by atoms with Gasteiger partial charge in [0.05, 0.1) is 5.52 Å². The van der Waals surface area contributed by atoms with Crippen LogP contribution in [0.4, 0.5) is 17.1 Å². The van der Waals surface area contributed by atoms with E-state index in [4.69, 9.17) is 4.42 Å². The molecule has 1 N–H and O–H groups in total. The summed E-state index contributed by atoms with van der Waals surface area (Å²) >= 11 is 0. The van der Waals surface area contributed by atoms with Crippen LogP contribution < -0.4 is 4.90 Å². The zero-order valence-corrected chi connectivity index (χ0v) is 27.8. The molecule has 3 nitrogen and oxygen atoms in total. The highest BCUT2D eigenvalue weighted by molar-refractivity contribution is 6.12. The molecule has 10 rings (SSSR count). The van der Waals surface area contributed by atoms with Crippen molar-refractivity contribution in [2.75, 3.05) is 4.90 Å². The Kier molecular flexibility index (Phi) is 6.81. The fraction of sp³-hybridized carbons (Fsp3) is 0. The maximum Gasteiger partial charge on any atom is 0.143 e. The smallest absolute Gasteiger partial charge is 0.143 e. The number of aromatic amines is 1. The number of para-hydroxylation sites is 4. The summed E-state index contributed by atoms with van der Waals surface area (Å²) in [5.41, 5.74) is 14.3. The van der Waals surface area contributed by atoms with E-state index in [1.165, 1.54) is 33.0 Å². The monoisotopic (exact) mass is 652 g/mol. The van der Waals surface area contributed by atoms with Crippen LogP contribution in [0.5, 0.6) is 0 Å². The Morgan fingerprint density at radius 3 is 1.75 bits per heavy atom. The average Bonchev–Trinajstić information content (AvgIpc) is 3.78. The van der Waals surface area contributed by atoms with Crippen molar-refractivity contribution in [2.24, 2.45) is 0 Å². The van der Waals surface area contributed by atoms with Crippen molar-refractivity contribution in [3.8, 4) is 33.4 Å². The lowest BCUT2D eigenvalue weighted by atomic mass is 10.0. The van der Waals surface area contributed by atoms with Gasteiger partial charge in [0, 0.05) is 55.3 Å². The van der Waals surface area contributed by atoms with Gasteiger partial charge >= 0.3 is 0 Å². The molecule has 240 valence electrons. The lowest BCUT2D eigenvalue weighted by molar-refractivity contribution is 0.670. The summed E-state index contributed by atoms with van der Waals surface area (Å²) in [6, 6.07) is 66.9. The predicted molar refractivity (Wildman–Crippen MR) is 214 cm³/mol. The maximum atomic E-state index is 6.39. The largest absolute Gasteiger partial charge is 0.455 e. The first-order chi connectivity index (χ1) is 25.3. The van der Waals surface area contributed by atoms with E-state index in [2.05, 4.69) is 186 Å². The molecule has 2 aromatic heterocycles. The standard InChI is InChI=1S/C48H32N2O/c1-2-11-32(12-3-1)35-13-8-14-38(31-35)50(36-27-23-33(24-28-36)39-17-9-19-43-41-15-4-6-21-45(41)49-47(39)43)37-29-25-34(26-30-37)40-18-10-20-44-42-16-5-7-22-46(42)51-48(40)44/h1-31,49H. The highest BCUT2D eigenvalue weighted by atomic mass is 16.3. The molecule has 0 saturated heterocycles. The molecule has 0 atom stereocenters. The maximum absolute atomic E-state index is 6.39. The van der Waals surface area contributed by atoms with E-state index in [9.17, 15) is 0 Å². The van der Waals surface area contributed by atoms with Gasteiger partial charge < -0.3 is 14.3 Å². The molecule has 0 saturated carbocycles. The molecule has 51 heavy (non-hydrogen) atoms. The Balaban J connectivity index is 1.08. The molecule has 0 amide bonds. The molecule has 0 bridgehead atoms. The second-order valence-electron chi connectivity index (χ2n) is 13.0. The number of H-pyrrole nitrogens is 1. The molecule has 0 unspecified atom stereocenters. The van der Waals surface area contributed by atoms with Crippen LogP contribution in [0.2, 0.25) is 0 Å². The van der Waals surface area contributed by atoms with Crippen molar-refractivity contribution in [1.29, 1.82) is 0 Å². The third-order valence-electron chi connectivity index (χ3n) is 10.0. The van der Waals surface area contributed by atoms with E-state index in [1.54, 1.807) is 0 Å². The van der Waals surface area contributed by atoms with Crippen molar-refractivity contribution >= 4 is 60.8 Å². The molecule has 0 radical (unpaired) electrons. The Morgan fingerprint density at radius 2 is 0.961 bits per heavy atom. The number of rotatable bonds is 6. The third kappa shape index (κ3) is 4.98. The van der Waals surface area contributed by atoms with Gasteiger partial charge in [-0.05, 0) is 70.8 Å². The van der Waals surface area contributed by atoms with Crippen LogP contribution in [0, 0.1) is 0 Å². The zero-order valence-electron chi connectivity index (χ0n) is 27.8. The van der Waals surface area contributed by atoms with Gasteiger partial charge in [0.25, 0.3) is 0 Å². The number of fused-ring (bicyclic) bond motifs is 6. The molecule has 0 aliphatic rings. The van der Waals surface area contributed by atoms with Crippen molar-refractivity contribution in [1.82, 2.24) is 4.98 Å². The van der Waals surface area contributed by atoms with Crippen molar-refractivity contribution in [3.05, 3.63) is 188 Å². The summed E-state index contributed by atoms with van der Waals surface area (Å²) in [6.07, 6.45) is 0. The van der Waals surface area contributed by atoms with Gasteiger partial charge in [0.15, 0.2) is 0 Å². The van der Waals surface area contributed by atoms with E-state index in [1.807, 2.05) is 12.1 Å². The lowest BCUT2D eigenvalue weighted by Crippen LogP contribution is -2.10. The van der Waals surface area contributed by atoms with Gasteiger partial charge in [-0.25, -0.2) is 0 Å². The molecular weight excluding hydrogens is 621 g/mol. The number of nitrogens with one attached hydrogen (secondary N) is 1. The molecule has 0 fully saturated rings. The number of benzene rings is 8. The number of aromatic nitrogens is 1. The number of hydrogen-bond donors (Lipinski definition) is 1. The van der Waals surface area contributed by atoms with E-state index in [0.717, 1.165) is 61.2 Å². The molecule has 0 aliphatic carbocycles. The minimum absolute atomic E-state index is 0.908. The molecule has 8 aromatic carbocycles. The highest BCUT2D eigenvalue weighted by Gasteiger charge is 2.17. The Bertz CT molecular complexity index is 2690. The van der Waals surface area contributed by atoms with Crippen molar-refractivity contribution in [2.45, 2.75) is 0 Å². The van der Waals surface area contributed by atoms with Crippen LogP contribution in [0.15, 0.2) is 192 Å². The average molecular weight is 653 g/mol. The first-order valence-electron chi connectivity index (χ1n) is 17.3. The van der Waals surface area contributed by atoms with E-state index in [0.29, 0.717) is 0 Å². The van der Waals surface area contributed by atoms with Crippen LogP contribution in [0.3, 0.4) is 0 Å². The van der Waals surface area contributed by atoms with Crippen LogP contribution in [0.1, 0.15) is 0 Å². The number of furan rings is 1. The Hall–Kier alpha value is -6.84. The quantitative estimate of drug-likeness (QED) is 0.194. The van der Waals surface area contributed by atoms with E-state index in [-0.39, 0.29) is 0 Å². The first kappa shape index (κ1) is 29.1. The van der Waals surface area contributed by atoms with Gasteiger partial charge in [-0.3, -0.25) is 0 Å². The topological polar surface area (TPSA) is 32.2 Å². The van der Waals surface area contributed by atoms with Gasteiger partial charge in [0.1, 0.15) is 11.2 Å². The normalized spacial score (nSPS) is 11.5. The van der Waals surface area contributed by atoms with Crippen molar-refractivity contribution < 1.29 is 4.42 Å². The Morgan fingerprint density at radius 1 is 0.373 bits per heavy atom. The van der Waals surface area contributed by atoms with Gasteiger partial charge in [-0.1, -0.05) is 140 Å². The summed E-state index contributed by atoms with van der Waals surface area (Å²) < 4.78 is 6.39. The highest BCUT2D eigenvalue weighted by Crippen LogP contribution is 2.41. The number of anilines is 3. The fourth-order valence-electron chi connectivity index (χ4n) is 7.57. The molecule has 0 spiro atoms. The predicted octanol–water partition coefficient (Wildman–Crippen LogP) is 13.7. The number of nitrogens with zero attached hydrogens (tertiary/aromatic N) is 1. The summed E-state index contributed by atoms with van der Waals surface area (Å²) in [5.74, 6) is 0. The van der Waals surface area contributed by atoms with Crippen LogP contribution in [-0.2, 0) is 0 Å².